The predicted molar refractivity (Wildman–Crippen MR) is 72.4 cm³/mol. The van der Waals surface area contributed by atoms with Crippen LogP contribution in [0, 0.1) is 0 Å². The molecule has 1 saturated heterocycles. The van der Waals surface area contributed by atoms with Gasteiger partial charge in [-0.15, -0.1) is 0 Å². The lowest BCUT2D eigenvalue weighted by Gasteiger charge is -2.27. The largest absolute Gasteiger partial charge is 0.360 e. The summed E-state index contributed by atoms with van der Waals surface area (Å²) in [5, 5.41) is 0. The molecule has 1 unspecified atom stereocenters. The van der Waals surface area contributed by atoms with Gasteiger partial charge in [0.15, 0.2) is 0 Å². The summed E-state index contributed by atoms with van der Waals surface area (Å²) in [4.78, 5) is 9.36. The van der Waals surface area contributed by atoms with Crippen molar-refractivity contribution in [1.29, 1.82) is 0 Å². The van der Waals surface area contributed by atoms with Gasteiger partial charge in [-0.3, -0.25) is 4.90 Å². The van der Waals surface area contributed by atoms with Crippen molar-refractivity contribution in [2.45, 2.75) is 32.7 Å². The standard InChI is InChI=1S/C14H23N3/c1-4-16(3)14-12(8-6-10-15-14)13-9-7-11-17(13)5-2/h6,8,10,13H,4-5,7,9,11H2,1-3H3. The second-order valence-electron chi connectivity index (χ2n) is 4.72. The molecular weight excluding hydrogens is 210 g/mol. The second kappa shape index (κ2) is 5.50. The lowest BCUT2D eigenvalue weighted by atomic mass is 10.0. The third kappa shape index (κ3) is 2.44. The van der Waals surface area contributed by atoms with Crippen LogP contribution in [0.3, 0.4) is 0 Å². The normalized spacial score (nSPS) is 20.8. The van der Waals surface area contributed by atoms with Crippen LogP contribution in [0.15, 0.2) is 18.3 Å². The number of hydrogen-bond acceptors (Lipinski definition) is 3. The molecule has 1 fully saturated rings. The van der Waals surface area contributed by atoms with E-state index in [1.165, 1.54) is 24.9 Å². The van der Waals surface area contributed by atoms with E-state index in [2.05, 4.69) is 47.8 Å². The van der Waals surface area contributed by atoms with Crippen LogP contribution in [0.5, 0.6) is 0 Å². The number of likely N-dealkylation sites (tertiary alicyclic amines) is 1. The van der Waals surface area contributed by atoms with Crippen LogP contribution >= 0.6 is 0 Å². The number of hydrogen-bond donors (Lipinski definition) is 0. The first-order valence-electron chi connectivity index (χ1n) is 6.68. The minimum atomic E-state index is 0.567. The van der Waals surface area contributed by atoms with E-state index in [-0.39, 0.29) is 0 Å². The van der Waals surface area contributed by atoms with Gasteiger partial charge in [-0.25, -0.2) is 4.98 Å². The Hall–Kier alpha value is -1.09. The van der Waals surface area contributed by atoms with Crippen LogP contribution in [-0.4, -0.2) is 36.6 Å². The first kappa shape index (κ1) is 12.4. The quantitative estimate of drug-likeness (QED) is 0.797. The van der Waals surface area contributed by atoms with E-state index >= 15 is 0 Å². The molecule has 2 heterocycles. The highest BCUT2D eigenvalue weighted by Gasteiger charge is 2.27. The molecule has 0 N–H and O–H groups in total. The molecule has 0 aliphatic carbocycles. The Labute approximate surface area is 104 Å². The summed E-state index contributed by atoms with van der Waals surface area (Å²) in [6.07, 6.45) is 4.48. The highest BCUT2D eigenvalue weighted by atomic mass is 15.2. The molecule has 1 aliphatic rings. The Morgan fingerprint density at radius 1 is 1.47 bits per heavy atom. The Morgan fingerprint density at radius 2 is 2.29 bits per heavy atom. The van der Waals surface area contributed by atoms with Crippen molar-refractivity contribution < 1.29 is 0 Å². The number of anilines is 1. The van der Waals surface area contributed by atoms with Crippen molar-refractivity contribution in [1.82, 2.24) is 9.88 Å². The molecule has 1 aromatic heterocycles. The fourth-order valence-corrected chi connectivity index (χ4v) is 2.70. The molecule has 0 amide bonds. The van der Waals surface area contributed by atoms with Crippen LogP contribution in [-0.2, 0) is 0 Å². The predicted octanol–water partition coefficient (Wildman–Crippen LogP) is 2.69. The van der Waals surface area contributed by atoms with Crippen molar-refractivity contribution >= 4 is 5.82 Å². The van der Waals surface area contributed by atoms with E-state index < -0.39 is 0 Å². The Balaban J connectivity index is 2.31. The lowest BCUT2D eigenvalue weighted by Crippen LogP contribution is -2.26. The lowest BCUT2D eigenvalue weighted by molar-refractivity contribution is 0.271. The van der Waals surface area contributed by atoms with E-state index in [1.807, 2.05) is 6.20 Å². The molecule has 0 radical (unpaired) electrons. The fraction of sp³-hybridized carbons (Fsp3) is 0.643. The monoisotopic (exact) mass is 233 g/mol. The van der Waals surface area contributed by atoms with Gasteiger partial charge >= 0.3 is 0 Å². The van der Waals surface area contributed by atoms with Crippen LogP contribution in [0.4, 0.5) is 5.82 Å². The molecule has 17 heavy (non-hydrogen) atoms. The smallest absolute Gasteiger partial charge is 0.133 e. The van der Waals surface area contributed by atoms with E-state index in [9.17, 15) is 0 Å². The summed E-state index contributed by atoms with van der Waals surface area (Å²) in [6, 6.07) is 4.87. The summed E-state index contributed by atoms with van der Waals surface area (Å²) in [5.41, 5.74) is 1.40. The van der Waals surface area contributed by atoms with E-state index in [0.717, 1.165) is 18.9 Å². The molecule has 2 rings (SSSR count). The first-order chi connectivity index (χ1) is 8.27. The van der Waals surface area contributed by atoms with E-state index in [4.69, 9.17) is 0 Å². The third-order valence-electron chi connectivity index (χ3n) is 3.78. The number of pyridine rings is 1. The van der Waals surface area contributed by atoms with Crippen molar-refractivity contribution in [3.8, 4) is 0 Å². The summed E-state index contributed by atoms with van der Waals surface area (Å²) in [7, 11) is 2.12. The molecule has 1 aromatic rings. The van der Waals surface area contributed by atoms with Crippen molar-refractivity contribution in [2.24, 2.45) is 0 Å². The van der Waals surface area contributed by atoms with Crippen LogP contribution in [0.25, 0.3) is 0 Å². The maximum absolute atomic E-state index is 4.56. The Bertz CT molecular complexity index is 364. The highest BCUT2D eigenvalue weighted by molar-refractivity contribution is 5.48. The van der Waals surface area contributed by atoms with Gasteiger partial charge in [-0.2, -0.15) is 0 Å². The summed E-state index contributed by atoms with van der Waals surface area (Å²) in [5.74, 6) is 1.15. The summed E-state index contributed by atoms with van der Waals surface area (Å²) >= 11 is 0. The summed E-state index contributed by atoms with van der Waals surface area (Å²) < 4.78 is 0. The second-order valence-corrected chi connectivity index (χ2v) is 4.72. The Kier molecular flexibility index (Phi) is 4.00. The minimum absolute atomic E-state index is 0.567. The van der Waals surface area contributed by atoms with Crippen molar-refractivity contribution in [3.05, 3.63) is 23.9 Å². The van der Waals surface area contributed by atoms with Crippen molar-refractivity contribution in [2.75, 3.05) is 31.6 Å². The molecule has 0 saturated carbocycles. The van der Waals surface area contributed by atoms with Crippen LogP contribution < -0.4 is 4.90 Å². The number of rotatable bonds is 4. The molecule has 94 valence electrons. The zero-order valence-electron chi connectivity index (χ0n) is 11.2. The molecule has 3 heteroatoms. The van der Waals surface area contributed by atoms with Gasteiger partial charge in [0, 0.05) is 31.4 Å². The zero-order valence-corrected chi connectivity index (χ0v) is 11.2. The molecule has 0 aromatic carbocycles. The van der Waals surface area contributed by atoms with E-state index in [1.54, 1.807) is 0 Å². The average molecular weight is 233 g/mol. The number of aromatic nitrogens is 1. The fourth-order valence-electron chi connectivity index (χ4n) is 2.70. The molecular formula is C14H23N3. The Morgan fingerprint density at radius 3 is 3.00 bits per heavy atom. The van der Waals surface area contributed by atoms with Gasteiger partial charge in [0.05, 0.1) is 0 Å². The van der Waals surface area contributed by atoms with E-state index in [0.29, 0.717) is 6.04 Å². The SMILES string of the molecule is CCN(C)c1ncccc1C1CCCN1CC. The molecule has 3 nitrogen and oxygen atoms in total. The van der Waals surface area contributed by atoms with Crippen LogP contribution in [0.2, 0.25) is 0 Å². The van der Waals surface area contributed by atoms with Gasteiger partial charge in [-0.1, -0.05) is 13.0 Å². The zero-order chi connectivity index (χ0) is 12.3. The van der Waals surface area contributed by atoms with Crippen LogP contribution in [0.1, 0.15) is 38.3 Å². The maximum atomic E-state index is 4.56. The first-order valence-corrected chi connectivity index (χ1v) is 6.68. The molecule has 1 atom stereocenters. The minimum Gasteiger partial charge on any atom is -0.360 e. The molecule has 0 bridgehead atoms. The number of nitrogens with zero attached hydrogens (tertiary/aromatic N) is 3. The van der Waals surface area contributed by atoms with Gasteiger partial charge in [0.1, 0.15) is 5.82 Å². The van der Waals surface area contributed by atoms with Crippen molar-refractivity contribution in [3.63, 3.8) is 0 Å². The summed E-state index contributed by atoms with van der Waals surface area (Å²) in [6.45, 7) is 7.78. The van der Waals surface area contributed by atoms with Gasteiger partial charge < -0.3 is 4.90 Å². The maximum Gasteiger partial charge on any atom is 0.133 e. The van der Waals surface area contributed by atoms with Gasteiger partial charge in [0.2, 0.25) is 0 Å². The topological polar surface area (TPSA) is 19.4 Å². The molecule has 1 aliphatic heterocycles. The average Bonchev–Trinajstić information content (AvgIpc) is 2.86. The van der Waals surface area contributed by atoms with Gasteiger partial charge in [0.25, 0.3) is 0 Å². The highest BCUT2D eigenvalue weighted by Crippen LogP contribution is 2.35. The third-order valence-corrected chi connectivity index (χ3v) is 3.78. The molecule has 0 spiro atoms. The van der Waals surface area contributed by atoms with Gasteiger partial charge in [-0.05, 0) is 38.9 Å².